The van der Waals surface area contributed by atoms with Crippen molar-refractivity contribution in [3.63, 3.8) is 0 Å². The van der Waals surface area contributed by atoms with Crippen molar-refractivity contribution >= 4 is 27.7 Å². The molecule has 1 amide bonds. The Morgan fingerprint density at radius 2 is 1.52 bits per heavy atom. The largest absolute Gasteiger partial charge is 0.344 e. The molecule has 2 heterocycles. The molecular formula is C25H27N3O3S2. The van der Waals surface area contributed by atoms with Crippen LogP contribution in [0, 0.1) is 0 Å². The first-order chi connectivity index (χ1) is 15.9. The van der Waals surface area contributed by atoms with Gasteiger partial charge in [-0.05, 0) is 43.0 Å². The van der Waals surface area contributed by atoms with Crippen molar-refractivity contribution in [1.82, 2.24) is 14.6 Å². The summed E-state index contributed by atoms with van der Waals surface area (Å²) in [5.41, 5.74) is 2.01. The van der Waals surface area contributed by atoms with E-state index in [1.54, 1.807) is 12.1 Å². The standard InChI is InChI=1S/C25H27N3O3S2/c1-19(32-23-15-14-22(18-26-23)33(30,31)28-16-8-9-17-28)25(29)27-24(20-10-4-2-5-11-20)21-12-6-3-7-13-21/h2-7,10-15,18-19,24H,8-9,16-17H2,1H3,(H,27,29)/t19-/m0/s1. The second-order valence-electron chi connectivity index (χ2n) is 7.97. The van der Waals surface area contributed by atoms with Crippen LogP contribution in [0.1, 0.15) is 36.9 Å². The lowest BCUT2D eigenvalue weighted by molar-refractivity contribution is -0.120. The summed E-state index contributed by atoms with van der Waals surface area (Å²) in [6, 6.07) is 22.7. The highest BCUT2D eigenvalue weighted by molar-refractivity contribution is 8.00. The first-order valence-corrected chi connectivity index (χ1v) is 13.3. The van der Waals surface area contributed by atoms with Gasteiger partial charge in [0, 0.05) is 19.3 Å². The molecule has 8 heteroatoms. The van der Waals surface area contributed by atoms with Gasteiger partial charge in [-0.2, -0.15) is 4.31 Å². The van der Waals surface area contributed by atoms with E-state index in [1.807, 2.05) is 67.6 Å². The minimum Gasteiger partial charge on any atom is -0.344 e. The van der Waals surface area contributed by atoms with Gasteiger partial charge in [-0.3, -0.25) is 4.79 Å². The number of carbonyl (C=O) groups is 1. The number of aromatic nitrogens is 1. The molecule has 0 spiro atoms. The quantitative estimate of drug-likeness (QED) is 0.487. The zero-order valence-corrected chi connectivity index (χ0v) is 20.1. The summed E-state index contributed by atoms with van der Waals surface area (Å²) in [6.45, 7) is 2.93. The molecule has 0 bridgehead atoms. The summed E-state index contributed by atoms with van der Waals surface area (Å²) < 4.78 is 26.9. The van der Waals surface area contributed by atoms with Crippen LogP contribution in [0.5, 0.6) is 0 Å². The van der Waals surface area contributed by atoms with Gasteiger partial charge in [-0.15, -0.1) is 0 Å². The third-order valence-corrected chi connectivity index (χ3v) is 8.56. The van der Waals surface area contributed by atoms with Crippen molar-refractivity contribution in [2.75, 3.05) is 13.1 Å². The summed E-state index contributed by atoms with van der Waals surface area (Å²) in [4.78, 5) is 17.5. The molecule has 0 unspecified atom stereocenters. The first-order valence-electron chi connectivity index (χ1n) is 11.0. The fourth-order valence-corrected chi connectivity index (χ4v) is 6.07. The van der Waals surface area contributed by atoms with E-state index in [-0.39, 0.29) is 16.8 Å². The van der Waals surface area contributed by atoms with E-state index in [2.05, 4.69) is 10.3 Å². The van der Waals surface area contributed by atoms with Gasteiger partial charge in [0.1, 0.15) is 4.90 Å². The minimum atomic E-state index is -3.50. The Balaban J connectivity index is 1.44. The normalized spacial score (nSPS) is 15.5. The molecule has 1 aromatic heterocycles. The van der Waals surface area contributed by atoms with Crippen LogP contribution >= 0.6 is 11.8 Å². The molecule has 1 aliphatic heterocycles. The number of thioether (sulfide) groups is 1. The number of nitrogens with zero attached hydrogens (tertiary/aromatic N) is 2. The Bertz CT molecular complexity index is 1130. The highest BCUT2D eigenvalue weighted by Gasteiger charge is 2.28. The molecule has 1 fully saturated rings. The van der Waals surface area contributed by atoms with Gasteiger partial charge in [-0.25, -0.2) is 13.4 Å². The predicted molar refractivity (Wildman–Crippen MR) is 130 cm³/mol. The molecule has 1 N–H and O–H groups in total. The maximum absolute atomic E-state index is 13.0. The number of hydrogen-bond donors (Lipinski definition) is 1. The van der Waals surface area contributed by atoms with Crippen LogP contribution in [-0.2, 0) is 14.8 Å². The Morgan fingerprint density at radius 3 is 2.03 bits per heavy atom. The van der Waals surface area contributed by atoms with Gasteiger partial charge < -0.3 is 5.32 Å². The van der Waals surface area contributed by atoms with E-state index in [9.17, 15) is 13.2 Å². The van der Waals surface area contributed by atoms with E-state index in [1.165, 1.54) is 22.3 Å². The molecule has 0 aliphatic carbocycles. The summed E-state index contributed by atoms with van der Waals surface area (Å²) in [5.74, 6) is -0.117. The zero-order valence-electron chi connectivity index (χ0n) is 18.4. The molecule has 33 heavy (non-hydrogen) atoms. The van der Waals surface area contributed by atoms with Crippen LogP contribution in [0.3, 0.4) is 0 Å². The number of amides is 1. The molecular weight excluding hydrogens is 454 g/mol. The van der Waals surface area contributed by atoms with Crippen LogP contribution in [0.4, 0.5) is 0 Å². The van der Waals surface area contributed by atoms with Crippen LogP contribution in [0.25, 0.3) is 0 Å². The highest BCUT2D eigenvalue weighted by atomic mass is 32.2. The maximum atomic E-state index is 13.0. The lowest BCUT2D eigenvalue weighted by Gasteiger charge is -2.22. The molecule has 1 aliphatic rings. The maximum Gasteiger partial charge on any atom is 0.244 e. The Hall–Kier alpha value is -2.68. The number of benzene rings is 2. The van der Waals surface area contributed by atoms with Crippen molar-refractivity contribution in [3.8, 4) is 0 Å². The van der Waals surface area contributed by atoms with Gasteiger partial charge >= 0.3 is 0 Å². The molecule has 1 atom stereocenters. The van der Waals surface area contributed by atoms with Crippen molar-refractivity contribution in [3.05, 3.63) is 90.1 Å². The van der Waals surface area contributed by atoms with E-state index >= 15 is 0 Å². The topological polar surface area (TPSA) is 79.4 Å². The van der Waals surface area contributed by atoms with Crippen molar-refractivity contribution < 1.29 is 13.2 Å². The summed E-state index contributed by atoms with van der Waals surface area (Å²) in [7, 11) is -3.50. The van der Waals surface area contributed by atoms with E-state index in [4.69, 9.17) is 0 Å². The van der Waals surface area contributed by atoms with Gasteiger partial charge in [0.05, 0.1) is 16.3 Å². The number of pyridine rings is 1. The van der Waals surface area contributed by atoms with Crippen molar-refractivity contribution in [2.45, 2.75) is 41.0 Å². The highest BCUT2D eigenvalue weighted by Crippen LogP contribution is 2.27. The van der Waals surface area contributed by atoms with Crippen LogP contribution in [-0.4, -0.2) is 42.0 Å². The van der Waals surface area contributed by atoms with Crippen LogP contribution in [0.2, 0.25) is 0 Å². The van der Waals surface area contributed by atoms with Gasteiger partial charge in [0.2, 0.25) is 15.9 Å². The minimum absolute atomic E-state index is 0.117. The molecule has 1 saturated heterocycles. The third kappa shape index (κ3) is 5.63. The fraction of sp³-hybridized carbons (Fsp3) is 0.280. The van der Waals surface area contributed by atoms with E-state index < -0.39 is 15.3 Å². The van der Waals surface area contributed by atoms with Crippen LogP contribution in [0.15, 0.2) is 88.9 Å². The van der Waals surface area contributed by atoms with Crippen LogP contribution < -0.4 is 5.32 Å². The Kier molecular flexibility index (Phi) is 7.47. The second-order valence-corrected chi connectivity index (χ2v) is 11.3. The van der Waals surface area contributed by atoms with Gasteiger partial charge in [0.25, 0.3) is 0 Å². The number of sulfonamides is 1. The summed E-state index contributed by atoms with van der Waals surface area (Å²) in [5, 5.41) is 3.35. The number of nitrogens with one attached hydrogen (secondary N) is 1. The predicted octanol–water partition coefficient (Wildman–Crippen LogP) is 4.25. The fourth-order valence-electron chi connectivity index (χ4n) is 3.81. The first kappa shape index (κ1) is 23.5. The van der Waals surface area contributed by atoms with Gasteiger partial charge in [0.15, 0.2) is 0 Å². The number of carbonyl (C=O) groups excluding carboxylic acids is 1. The lowest BCUT2D eigenvalue weighted by atomic mass is 9.98. The van der Waals surface area contributed by atoms with E-state index in [0.717, 1.165) is 24.0 Å². The zero-order chi connectivity index (χ0) is 23.3. The molecule has 0 saturated carbocycles. The molecule has 6 nitrogen and oxygen atoms in total. The van der Waals surface area contributed by atoms with Gasteiger partial charge in [-0.1, -0.05) is 72.4 Å². The Morgan fingerprint density at radius 1 is 0.939 bits per heavy atom. The Labute approximate surface area is 199 Å². The molecule has 4 rings (SSSR count). The average molecular weight is 482 g/mol. The SMILES string of the molecule is C[C@H](Sc1ccc(S(=O)(=O)N2CCCC2)cn1)C(=O)NC(c1ccccc1)c1ccccc1. The monoisotopic (exact) mass is 481 g/mol. The summed E-state index contributed by atoms with van der Waals surface area (Å²) in [6.07, 6.45) is 3.16. The number of hydrogen-bond acceptors (Lipinski definition) is 5. The average Bonchev–Trinajstić information content (AvgIpc) is 3.40. The van der Waals surface area contributed by atoms with Crippen molar-refractivity contribution in [2.24, 2.45) is 0 Å². The molecule has 2 aromatic carbocycles. The molecule has 172 valence electrons. The molecule has 0 radical (unpaired) electrons. The van der Waals surface area contributed by atoms with Crippen molar-refractivity contribution in [1.29, 1.82) is 0 Å². The number of rotatable bonds is 8. The smallest absolute Gasteiger partial charge is 0.244 e. The molecule has 3 aromatic rings. The third-order valence-electron chi connectivity index (χ3n) is 5.63. The van der Waals surface area contributed by atoms with E-state index in [0.29, 0.717) is 18.1 Å². The lowest BCUT2D eigenvalue weighted by Crippen LogP contribution is -2.35. The second kappa shape index (κ2) is 10.5. The summed E-state index contributed by atoms with van der Waals surface area (Å²) >= 11 is 1.30.